The quantitative estimate of drug-likeness (QED) is 0.596. The minimum absolute atomic E-state index is 0.0866. The Balaban J connectivity index is 2.05. The number of anilines is 2. The molecular formula is C14H13ClN2O2. The molecule has 2 rings (SSSR count). The number of phenols is 1. The summed E-state index contributed by atoms with van der Waals surface area (Å²) in [7, 11) is 0. The highest BCUT2D eigenvalue weighted by molar-refractivity contribution is 6.30. The van der Waals surface area contributed by atoms with Gasteiger partial charge < -0.3 is 16.2 Å². The maximum atomic E-state index is 11.8. The molecule has 4 nitrogen and oxygen atoms in total. The molecule has 1 amide bonds. The van der Waals surface area contributed by atoms with Gasteiger partial charge in [0.25, 0.3) is 0 Å². The van der Waals surface area contributed by atoms with E-state index in [9.17, 15) is 9.90 Å². The van der Waals surface area contributed by atoms with Gasteiger partial charge in [0.05, 0.1) is 6.42 Å². The molecule has 0 aromatic heterocycles. The van der Waals surface area contributed by atoms with Crippen LogP contribution in [-0.2, 0) is 11.2 Å². The third-order valence-corrected chi connectivity index (χ3v) is 2.86. The van der Waals surface area contributed by atoms with Gasteiger partial charge in [-0.1, -0.05) is 11.6 Å². The van der Waals surface area contributed by atoms with Crippen molar-refractivity contribution in [3.63, 3.8) is 0 Å². The first-order chi connectivity index (χ1) is 9.04. The first-order valence-electron chi connectivity index (χ1n) is 5.67. The van der Waals surface area contributed by atoms with Crippen LogP contribution in [0, 0.1) is 0 Å². The fourth-order valence-corrected chi connectivity index (χ4v) is 1.78. The highest BCUT2D eigenvalue weighted by Crippen LogP contribution is 2.20. The van der Waals surface area contributed by atoms with Crippen LogP contribution in [0.25, 0.3) is 0 Å². The van der Waals surface area contributed by atoms with Gasteiger partial charge in [-0.15, -0.1) is 0 Å². The lowest BCUT2D eigenvalue weighted by Crippen LogP contribution is -2.15. The molecule has 4 N–H and O–H groups in total. The van der Waals surface area contributed by atoms with Crippen LogP contribution in [0.5, 0.6) is 5.75 Å². The third-order valence-electron chi connectivity index (χ3n) is 2.61. The molecule has 0 saturated carbocycles. The molecule has 0 radical (unpaired) electrons. The number of nitrogen functional groups attached to an aromatic ring is 1. The van der Waals surface area contributed by atoms with Crippen molar-refractivity contribution in [2.45, 2.75) is 6.42 Å². The lowest BCUT2D eigenvalue weighted by molar-refractivity contribution is -0.115. The van der Waals surface area contributed by atoms with Gasteiger partial charge in [0.1, 0.15) is 5.75 Å². The zero-order valence-electron chi connectivity index (χ0n) is 10.1. The van der Waals surface area contributed by atoms with Crippen molar-refractivity contribution in [2.75, 3.05) is 11.1 Å². The molecule has 2 aromatic carbocycles. The Bertz CT molecular complexity index is 597. The second kappa shape index (κ2) is 5.63. The van der Waals surface area contributed by atoms with Gasteiger partial charge >= 0.3 is 0 Å². The molecule has 2 aromatic rings. The smallest absolute Gasteiger partial charge is 0.228 e. The Hall–Kier alpha value is -2.20. The summed E-state index contributed by atoms with van der Waals surface area (Å²) in [4.78, 5) is 11.8. The Kier molecular flexibility index (Phi) is 3.92. The summed E-state index contributed by atoms with van der Waals surface area (Å²) < 4.78 is 0. The largest absolute Gasteiger partial charge is 0.508 e. The highest BCUT2D eigenvalue weighted by Gasteiger charge is 2.08. The summed E-state index contributed by atoms with van der Waals surface area (Å²) in [6.07, 6.45) is 0.100. The maximum Gasteiger partial charge on any atom is 0.228 e. The summed E-state index contributed by atoms with van der Waals surface area (Å²) >= 11 is 5.76. The van der Waals surface area contributed by atoms with Crippen molar-refractivity contribution >= 4 is 28.9 Å². The van der Waals surface area contributed by atoms with Crippen LogP contribution in [-0.4, -0.2) is 11.0 Å². The molecule has 0 saturated heterocycles. The topological polar surface area (TPSA) is 75.3 Å². The molecule has 0 bridgehead atoms. The van der Waals surface area contributed by atoms with Crippen LogP contribution < -0.4 is 11.1 Å². The zero-order chi connectivity index (χ0) is 13.8. The molecule has 0 fully saturated rings. The first-order valence-corrected chi connectivity index (χ1v) is 6.05. The number of hydrogen-bond donors (Lipinski definition) is 3. The number of nitrogens with two attached hydrogens (primary N) is 1. The van der Waals surface area contributed by atoms with E-state index < -0.39 is 0 Å². The number of phenolic OH excluding ortho intramolecular Hbond substituents is 1. The molecule has 19 heavy (non-hydrogen) atoms. The molecule has 98 valence electrons. The van der Waals surface area contributed by atoms with Crippen molar-refractivity contribution in [1.82, 2.24) is 0 Å². The molecule has 0 unspecified atom stereocenters. The summed E-state index contributed by atoms with van der Waals surface area (Å²) in [5, 5.41) is 12.7. The molecule has 5 heteroatoms. The number of benzene rings is 2. The predicted molar refractivity (Wildman–Crippen MR) is 76.3 cm³/mol. The molecule has 0 aliphatic heterocycles. The van der Waals surface area contributed by atoms with Crippen LogP contribution >= 0.6 is 11.6 Å². The number of nitrogens with one attached hydrogen (secondary N) is 1. The zero-order valence-corrected chi connectivity index (χ0v) is 10.8. The van der Waals surface area contributed by atoms with Crippen LogP contribution in [0.3, 0.4) is 0 Å². The number of carbonyl (C=O) groups excluding carboxylic acids is 1. The van der Waals surface area contributed by atoms with Crippen molar-refractivity contribution in [1.29, 1.82) is 0 Å². The predicted octanol–water partition coefficient (Wildman–Crippen LogP) is 2.81. The normalized spacial score (nSPS) is 10.2. The number of aromatic hydroxyl groups is 1. The van der Waals surface area contributed by atoms with E-state index in [4.69, 9.17) is 17.3 Å². The van der Waals surface area contributed by atoms with Crippen molar-refractivity contribution in [3.05, 3.63) is 53.1 Å². The van der Waals surface area contributed by atoms with E-state index in [0.717, 1.165) is 0 Å². The molecule has 0 atom stereocenters. The molecule has 0 spiro atoms. The van der Waals surface area contributed by atoms with Crippen LogP contribution in [0.4, 0.5) is 11.4 Å². The van der Waals surface area contributed by atoms with Gasteiger partial charge in [0.2, 0.25) is 5.91 Å². The van der Waals surface area contributed by atoms with Gasteiger partial charge in [0.15, 0.2) is 0 Å². The Morgan fingerprint density at radius 2 is 1.89 bits per heavy atom. The van der Waals surface area contributed by atoms with Crippen molar-refractivity contribution in [3.8, 4) is 5.75 Å². The minimum atomic E-state index is -0.209. The summed E-state index contributed by atoms with van der Waals surface area (Å²) in [5.74, 6) is -0.122. The van der Waals surface area contributed by atoms with Crippen molar-refractivity contribution < 1.29 is 9.90 Å². The summed E-state index contributed by atoms with van der Waals surface area (Å²) in [6.45, 7) is 0. The maximum absolute atomic E-state index is 11.8. The van der Waals surface area contributed by atoms with E-state index in [1.54, 1.807) is 30.3 Å². The van der Waals surface area contributed by atoms with Crippen LogP contribution in [0.2, 0.25) is 5.02 Å². The second-order valence-electron chi connectivity index (χ2n) is 4.11. The standard InChI is InChI=1S/C14H13ClN2O2/c15-10-1-3-11(4-2-10)17-14(19)8-9-7-12(18)5-6-13(9)16/h1-7,18H,8,16H2,(H,17,19). The highest BCUT2D eigenvalue weighted by atomic mass is 35.5. The molecule has 0 aliphatic rings. The van der Waals surface area contributed by atoms with E-state index in [1.807, 2.05) is 0 Å². The van der Waals surface area contributed by atoms with Crippen LogP contribution in [0.1, 0.15) is 5.56 Å². The van der Waals surface area contributed by atoms with Gasteiger partial charge in [-0.2, -0.15) is 0 Å². The van der Waals surface area contributed by atoms with Crippen LogP contribution in [0.15, 0.2) is 42.5 Å². The SMILES string of the molecule is Nc1ccc(O)cc1CC(=O)Nc1ccc(Cl)cc1. The molecule has 0 aliphatic carbocycles. The fourth-order valence-electron chi connectivity index (χ4n) is 1.66. The first kappa shape index (κ1) is 13.2. The van der Waals surface area contributed by atoms with E-state index in [-0.39, 0.29) is 18.1 Å². The number of rotatable bonds is 3. The van der Waals surface area contributed by atoms with E-state index in [1.165, 1.54) is 12.1 Å². The lowest BCUT2D eigenvalue weighted by Gasteiger charge is -2.08. The van der Waals surface area contributed by atoms with Gasteiger partial charge in [-0.3, -0.25) is 4.79 Å². The lowest BCUT2D eigenvalue weighted by atomic mass is 10.1. The molecular weight excluding hydrogens is 264 g/mol. The van der Waals surface area contributed by atoms with E-state index in [2.05, 4.69) is 5.32 Å². The number of hydrogen-bond acceptors (Lipinski definition) is 3. The minimum Gasteiger partial charge on any atom is -0.508 e. The average Bonchev–Trinajstić information content (AvgIpc) is 2.37. The Morgan fingerprint density at radius 3 is 2.58 bits per heavy atom. The Labute approximate surface area is 115 Å². The number of halogens is 1. The summed E-state index contributed by atoms with van der Waals surface area (Å²) in [6, 6.07) is 11.4. The molecule has 0 heterocycles. The van der Waals surface area contributed by atoms with E-state index in [0.29, 0.717) is 22.0 Å². The van der Waals surface area contributed by atoms with Gasteiger partial charge in [-0.25, -0.2) is 0 Å². The monoisotopic (exact) mass is 276 g/mol. The van der Waals surface area contributed by atoms with Gasteiger partial charge in [-0.05, 0) is 48.0 Å². The third kappa shape index (κ3) is 3.63. The summed E-state index contributed by atoms with van der Waals surface area (Å²) in [5.41, 5.74) is 7.47. The second-order valence-corrected chi connectivity index (χ2v) is 4.55. The van der Waals surface area contributed by atoms with Crippen molar-refractivity contribution in [2.24, 2.45) is 0 Å². The van der Waals surface area contributed by atoms with Gasteiger partial charge in [0, 0.05) is 16.4 Å². The average molecular weight is 277 g/mol. The number of amides is 1. The Morgan fingerprint density at radius 1 is 1.21 bits per heavy atom. The number of carbonyl (C=O) groups is 1. The van der Waals surface area contributed by atoms with E-state index >= 15 is 0 Å². The fraction of sp³-hybridized carbons (Fsp3) is 0.0714.